The van der Waals surface area contributed by atoms with E-state index in [0.717, 1.165) is 19.5 Å². The van der Waals surface area contributed by atoms with Crippen molar-refractivity contribution in [3.8, 4) is 0 Å². The first-order valence-corrected chi connectivity index (χ1v) is 7.47. The minimum absolute atomic E-state index is 0.0978. The van der Waals surface area contributed by atoms with Crippen LogP contribution in [0.4, 0.5) is 0 Å². The molecule has 0 radical (unpaired) electrons. The molecule has 0 aromatic rings. The van der Waals surface area contributed by atoms with E-state index in [1.165, 1.54) is 45.1 Å². The van der Waals surface area contributed by atoms with E-state index in [2.05, 4.69) is 17.1 Å². The molecule has 0 amide bonds. The second-order valence-electron chi connectivity index (χ2n) is 5.60. The van der Waals surface area contributed by atoms with E-state index in [1.54, 1.807) is 0 Å². The molecule has 1 saturated heterocycles. The highest BCUT2D eigenvalue weighted by Crippen LogP contribution is 2.25. The van der Waals surface area contributed by atoms with Crippen LogP contribution in [-0.4, -0.2) is 47.8 Å². The van der Waals surface area contributed by atoms with E-state index >= 15 is 0 Å². The third-order valence-corrected chi connectivity index (χ3v) is 4.47. The van der Waals surface area contributed by atoms with Crippen molar-refractivity contribution < 1.29 is 5.11 Å². The van der Waals surface area contributed by atoms with E-state index in [0.29, 0.717) is 12.1 Å². The maximum atomic E-state index is 10.3. The molecule has 3 heteroatoms. The molecule has 2 N–H and O–H groups in total. The van der Waals surface area contributed by atoms with Gasteiger partial charge < -0.3 is 10.4 Å². The summed E-state index contributed by atoms with van der Waals surface area (Å²) >= 11 is 0. The van der Waals surface area contributed by atoms with Crippen molar-refractivity contribution in [1.82, 2.24) is 10.2 Å². The lowest BCUT2D eigenvalue weighted by Crippen LogP contribution is -2.53. The Bertz CT molecular complexity index is 216. The fourth-order valence-corrected chi connectivity index (χ4v) is 3.54. The number of nitrogens with zero attached hydrogens (tertiary/aromatic N) is 1. The molecular weight excluding hydrogens is 212 g/mol. The Morgan fingerprint density at radius 3 is 2.65 bits per heavy atom. The molecule has 1 saturated carbocycles. The Labute approximate surface area is 106 Å². The van der Waals surface area contributed by atoms with Crippen LogP contribution in [0, 0.1) is 0 Å². The summed E-state index contributed by atoms with van der Waals surface area (Å²) in [6.07, 6.45) is 8.46. The topological polar surface area (TPSA) is 35.5 Å². The molecule has 1 aliphatic heterocycles. The molecule has 0 bridgehead atoms. The summed E-state index contributed by atoms with van der Waals surface area (Å²) in [7, 11) is 0. The van der Waals surface area contributed by atoms with Crippen molar-refractivity contribution >= 4 is 0 Å². The molecular formula is C14H28N2O. The molecule has 1 heterocycles. The van der Waals surface area contributed by atoms with Crippen LogP contribution in [-0.2, 0) is 0 Å². The fourth-order valence-electron chi connectivity index (χ4n) is 3.54. The molecule has 0 spiro atoms. The Balaban J connectivity index is 1.98. The standard InChI is InChI=1S/C14H28N2O/c1-2-16(12-7-6-10-15-11-12)13-8-4-3-5-9-14(13)17/h12-15,17H,2-11H2,1H3. The number of aliphatic hydroxyl groups excluding tert-OH is 1. The van der Waals surface area contributed by atoms with Gasteiger partial charge in [-0.3, -0.25) is 4.90 Å². The lowest BCUT2D eigenvalue weighted by molar-refractivity contribution is 0.0163. The first-order chi connectivity index (χ1) is 8.33. The zero-order valence-electron chi connectivity index (χ0n) is 11.2. The molecule has 2 fully saturated rings. The average molecular weight is 240 g/mol. The monoisotopic (exact) mass is 240 g/mol. The highest BCUT2D eigenvalue weighted by molar-refractivity contribution is 4.87. The van der Waals surface area contributed by atoms with E-state index < -0.39 is 0 Å². The maximum Gasteiger partial charge on any atom is 0.0695 e. The normalized spacial score (nSPS) is 35.8. The molecule has 3 unspecified atom stereocenters. The molecule has 2 rings (SSSR count). The Hall–Kier alpha value is -0.120. The van der Waals surface area contributed by atoms with Gasteiger partial charge in [-0.2, -0.15) is 0 Å². The van der Waals surface area contributed by atoms with Crippen LogP contribution in [0.15, 0.2) is 0 Å². The van der Waals surface area contributed by atoms with Crippen LogP contribution >= 0.6 is 0 Å². The number of likely N-dealkylation sites (N-methyl/N-ethyl adjacent to an activating group) is 1. The third-order valence-electron chi connectivity index (χ3n) is 4.47. The summed E-state index contributed by atoms with van der Waals surface area (Å²) in [6.45, 7) is 5.60. The van der Waals surface area contributed by atoms with Crippen LogP contribution in [0.3, 0.4) is 0 Å². The zero-order chi connectivity index (χ0) is 12.1. The summed E-state index contributed by atoms with van der Waals surface area (Å²) in [4.78, 5) is 2.57. The highest BCUT2D eigenvalue weighted by Gasteiger charge is 2.31. The van der Waals surface area contributed by atoms with Crippen LogP contribution in [0.1, 0.15) is 51.9 Å². The Morgan fingerprint density at radius 2 is 1.94 bits per heavy atom. The smallest absolute Gasteiger partial charge is 0.0695 e. The number of piperidine rings is 1. The SMILES string of the molecule is CCN(C1CCCNC1)C1CCCCCC1O. The molecule has 1 aliphatic carbocycles. The van der Waals surface area contributed by atoms with E-state index in [1.807, 2.05) is 0 Å². The lowest BCUT2D eigenvalue weighted by Gasteiger charge is -2.41. The van der Waals surface area contributed by atoms with E-state index in [9.17, 15) is 5.11 Å². The zero-order valence-corrected chi connectivity index (χ0v) is 11.2. The number of nitrogens with one attached hydrogen (secondary N) is 1. The van der Waals surface area contributed by atoms with Gasteiger partial charge in [-0.05, 0) is 38.8 Å². The molecule has 100 valence electrons. The molecule has 2 aliphatic rings. The maximum absolute atomic E-state index is 10.3. The molecule has 17 heavy (non-hydrogen) atoms. The van der Waals surface area contributed by atoms with Crippen molar-refractivity contribution in [3.05, 3.63) is 0 Å². The van der Waals surface area contributed by atoms with Gasteiger partial charge in [0.25, 0.3) is 0 Å². The number of hydrogen-bond donors (Lipinski definition) is 2. The van der Waals surface area contributed by atoms with Crippen molar-refractivity contribution in [3.63, 3.8) is 0 Å². The largest absolute Gasteiger partial charge is 0.391 e. The van der Waals surface area contributed by atoms with E-state index in [4.69, 9.17) is 0 Å². The summed E-state index contributed by atoms with van der Waals surface area (Å²) < 4.78 is 0. The van der Waals surface area contributed by atoms with Gasteiger partial charge in [0.05, 0.1) is 6.10 Å². The Morgan fingerprint density at radius 1 is 1.12 bits per heavy atom. The molecule has 3 nitrogen and oxygen atoms in total. The predicted octanol–water partition coefficient (Wildman–Crippen LogP) is 1.75. The van der Waals surface area contributed by atoms with Gasteiger partial charge in [-0.25, -0.2) is 0 Å². The van der Waals surface area contributed by atoms with Gasteiger partial charge in [0.2, 0.25) is 0 Å². The van der Waals surface area contributed by atoms with Crippen LogP contribution in [0.2, 0.25) is 0 Å². The second-order valence-corrected chi connectivity index (χ2v) is 5.60. The van der Waals surface area contributed by atoms with Gasteiger partial charge in [0.15, 0.2) is 0 Å². The third kappa shape index (κ3) is 3.43. The summed E-state index contributed by atoms with van der Waals surface area (Å²) in [6, 6.07) is 1.05. The first-order valence-electron chi connectivity index (χ1n) is 7.47. The predicted molar refractivity (Wildman–Crippen MR) is 71.2 cm³/mol. The minimum atomic E-state index is -0.0978. The summed E-state index contributed by atoms with van der Waals surface area (Å²) in [5, 5.41) is 13.8. The highest BCUT2D eigenvalue weighted by atomic mass is 16.3. The lowest BCUT2D eigenvalue weighted by atomic mass is 9.98. The fraction of sp³-hybridized carbons (Fsp3) is 1.00. The van der Waals surface area contributed by atoms with E-state index in [-0.39, 0.29) is 6.10 Å². The van der Waals surface area contributed by atoms with Gasteiger partial charge in [0, 0.05) is 18.6 Å². The quantitative estimate of drug-likeness (QED) is 0.738. The van der Waals surface area contributed by atoms with Gasteiger partial charge in [0.1, 0.15) is 0 Å². The molecule has 3 atom stereocenters. The second kappa shape index (κ2) is 6.72. The average Bonchev–Trinajstić information content (AvgIpc) is 2.58. The van der Waals surface area contributed by atoms with Crippen LogP contribution in [0.25, 0.3) is 0 Å². The van der Waals surface area contributed by atoms with Crippen molar-refractivity contribution in [2.45, 2.75) is 70.1 Å². The summed E-state index contributed by atoms with van der Waals surface area (Å²) in [5.41, 5.74) is 0. The number of aliphatic hydroxyl groups is 1. The van der Waals surface area contributed by atoms with Gasteiger partial charge in [-0.15, -0.1) is 0 Å². The Kier molecular flexibility index (Phi) is 5.26. The van der Waals surface area contributed by atoms with Crippen LogP contribution in [0.5, 0.6) is 0 Å². The summed E-state index contributed by atoms with van der Waals surface area (Å²) in [5.74, 6) is 0. The number of rotatable bonds is 3. The van der Waals surface area contributed by atoms with Gasteiger partial charge in [-0.1, -0.05) is 26.2 Å². The van der Waals surface area contributed by atoms with Crippen molar-refractivity contribution in [1.29, 1.82) is 0 Å². The molecule has 0 aromatic carbocycles. The minimum Gasteiger partial charge on any atom is -0.391 e. The van der Waals surface area contributed by atoms with Crippen molar-refractivity contribution in [2.24, 2.45) is 0 Å². The molecule has 0 aromatic heterocycles. The van der Waals surface area contributed by atoms with Gasteiger partial charge >= 0.3 is 0 Å². The number of hydrogen-bond acceptors (Lipinski definition) is 3. The first kappa shape index (κ1) is 13.3. The van der Waals surface area contributed by atoms with Crippen LogP contribution < -0.4 is 5.32 Å². The van der Waals surface area contributed by atoms with Crippen molar-refractivity contribution in [2.75, 3.05) is 19.6 Å².